The summed E-state index contributed by atoms with van der Waals surface area (Å²) in [5.41, 5.74) is 0. The van der Waals surface area contributed by atoms with Crippen LogP contribution in [-0.2, 0) is 41.8 Å². The molecular formula is C46H74O14P2. The Kier molecular flexibility index (Phi) is 38.4. The molecule has 14 nitrogen and oxygen atoms in total. The van der Waals surface area contributed by atoms with Crippen molar-refractivity contribution in [3.8, 4) is 0 Å². The van der Waals surface area contributed by atoms with E-state index in [-0.39, 0.29) is 12.8 Å². The molecule has 62 heavy (non-hydrogen) atoms. The lowest BCUT2D eigenvalue weighted by atomic mass is 10.1. The molecule has 0 bridgehead atoms. The van der Waals surface area contributed by atoms with Crippen molar-refractivity contribution in [3.05, 3.63) is 109 Å². The van der Waals surface area contributed by atoms with Gasteiger partial charge in [-0.2, -0.15) is 0 Å². The van der Waals surface area contributed by atoms with Crippen LogP contribution in [0.5, 0.6) is 0 Å². The zero-order chi connectivity index (χ0) is 46.0. The van der Waals surface area contributed by atoms with Crippen LogP contribution in [0.15, 0.2) is 109 Å². The average Bonchev–Trinajstić information content (AvgIpc) is 3.22. The Labute approximate surface area is 370 Å². The second-order valence-electron chi connectivity index (χ2n) is 14.1. The van der Waals surface area contributed by atoms with E-state index in [0.29, 0.717) is 19.3 Å². The number of hydrogen-bond acceptors (Lipinski definition) is 11. The zero-order valence-electron chi connectivity index (χ0n) is 36.8. The highest BCUT2D eigenvalue weighted by atomic mass is 31.2. The molecule has 0 amide bonds. The maximum atomic E-state index is 12.7. The van der Waals surface area contributed by atoms with Crippen LogP contribution in [0.25, 0.3) is 0 Å². The van der Waals surface area contributed by atoms with E-state index in [4.69, 9.17) is 23.8 Å². The molecule has 0 spiro atoms. The molecule has 0 aromatic heterocycles. The lowest BCUT2D eigenvalue weighted by molar-refractivity contribution is -0.161. The van der Waals surface area contributed by atoms with Gasteiger partial charge in [0.2, 0.25) is 0 Å². The first-order chi connectivity index (χ1) is 29.8. The fraction of sp³-hybridized carbons (Fsp3) is 0.565. The number of phosphoric ester groups is 2. The normalized spacial score (nSPS) is 15.5. The third-order valence-corrected chi connectivity index (χ3v) is 9.69. The van der Waals surface area contributed by atoms with Crippen molar-refractivity contribution >= 4 is 27.6 Å². The molecule has 0 saturated heterocycles. The highest BCUT2D eigenvalue weighted by molar-refractivity contribution is 7.47. The number of ether oxygens (including phenoxy) is 2. The van der Waals surface area contributed by atoms with Crippen molar-refractivity contribution in [1.82, 2.24) is 0 Å². The number of rotatable bonds is 39. The molecular weight excluding hydrogens is 838 g/mol. The Morgan fingerprint density at radius 2 is 1.02 bits per heavy atom. The first-order valence-electron chi connectivity index (χ1n) is 21.7. The van der Waals surface area contributed by atoms with Crippen LogP contribution in [0.2, 0.25) is 0 Å². The molecule has 0 aliphatic carbocycles. The molecule has 0 aromatic rings. The SMILES string of the molecule is CC/C=C\C/C=C\C/C=C\C/C=C\C=C\C(O)CCCC(=O)OC[C@H](COP(=O)(O)OC[C@@H](O)COP(=O)(O)O)OC(=O)CCCCCC/C=C\C/C=C\C/C=C\C/C=C\CC. The molecule has 0 heterocycles. The van der Waals surface area contributed by atoms with E-state index in [1.807, 2.05) is 12.2 Å². The largest absolute Gasteiger partial charge is 0.472 e. The van der Waals surface area contributed by atoms with Crippen molar-refractivity contribution in [2.75, 3.05) is 26.4 Å². The number of carbonyl (C=O) groups excluding carboxylic acids is 2. The second-order valence-corrected chi connectivity index (χ2v) is 16.7. The van der Waals surface area contributed by atoms with Crippen molar-refractivity contribution in [2.45, 2.75) is 141 Å². The molecule has 0 saturated carbocycles. The Morgan fingerprint density at radius 1 is 0.532 bits per heavy atom. The van der Waals surface area contributed by atoms with Gasteiger partial charge < -0.3 is 34.4 Å². The van der Waals surface area contributed by atoms with Gasteiger partial charge in [0.25, 0.3) is 0 Å². The van der Waals surface area contributed by atoms with Gasteiger partial charge in [0.05, 0.1) is 25.9 Å². The molecule has 0 rings (SSSR count). The third kappa shape index (κ3) is 43.4. The zero-order valence-corrected chi connectivity index (χ0v) is 38.6. The minimum Gasteiger partial charge on any atom is -0.462 e. The molecule has 4 atom stereocenters. The smallest absolute Gasteiger partial charge is 0.462 e. The molecule has 16 heteroatoms. The standard InChI is InChI=1S/C46H74O14P2/c1-3-5-7-9-11-13-15-17-18-19-20-22-24-26-28-30-32-36-46(50)60-44(41-59-62(54,55)58-39-43(48)38-57-61(51,52)53)40-56-45(49)37-33-35-42(47)34-31-29-27-25-23-21-16-14-12-10-8-6-4-2/h5-8,11-14,17-18,20-23,27,29,31,34,42-44,47-48H,3-4,9-10,15-16,19,24-26,28,30,32-33,35-41H2,1-2H3,(H,54,55)(H2,51,52,53)/b7-5-,8-6-,13-11-,14-12-,18-17-,22-20-,23-21-,29-27-,34-31+/t42?,43-,44+/m0/s1. The van der Waals surface area contributed by atoms with Crippen LogP contribution in [0.4, 0.5) is 0 Å². The van der Waals surface area contributed by atoms with Gasteiger partial charge >= 0.3 is 27.6 Å². The summed E-state index contributed by atoms with van der Waals surface area (Å²) < 4.78 is 47.6. The van der Waals surface area contributed by atoms with E-state index in [1.54, 1.807) is 12.2 Å². The highest BCUT2D eigenvalue weighted by Gasteiger charge is 2.28. The minimum atomic E-state index is -4.89. The fourth-order valence-electron chi connectivity index (χ4n) is 5.01. The van der Waals surface area contributed by atoms with E-state index < -0.39 is 72.3 Å². The Hall–Kier alpha value is -3.26. The summed E-state index contributed by atoms with van der Waals surface area (Å²) in [7, 11) is -9.76. The van der Waals surface area contributed by atoms with E-state index in [1.165, 1.54) is 0 Å². The maximum Gasteiger partial charge on any atom is 0.472 e. The van der Waals surface area contributed by atoms with E-state index in [2.05, 4.69) is 108 Å². The first kappa shape index (κ1) is 58.7. The number of carbonyl (C=O) groups is 2. The summed E-state index contributed by atoms with van der Waals surface area (Å²) in [6.45, 7) is 1.26. The summed E-state index contributed by atoms with van der Waals surface area (Å²) in [6.07, 6.45) is 45.4. The molecule has 352 valence electrons. The average molecular weight is 913 g/mol. The van der Waals surface area contributed by atoms with Gasteiger partial charge in [0.1, 0.15) is 12.7 Å². The first-order valence-corrected chi connectivity index (χ1v) is 24.7. The number of esters is 2. The fourth-order valence-corrected chi connectivity index (χ4v) is 6.17. The van der Waals surface area contributed by atoms with Gasteiger partial charge in [-0.25, -0.2) is 9.13 Å². The molecule has 0 aliphatic heterocycles. The van der Waals surface area contributed by atoms with Crippen LogP contribution >= 0.6 is 15.6 Å². The van der Waals surface area contributed by atoms with Crippen LogP contribution in [-0.4, -0.2) is 81.6 Å². The van der Waals surface area contributed by atoms with Gasteiger partial charge in [0, 0.05) is 12.8 Å². The number of aliphatic hydroxyl groups is 2. The molecule has 0 aliphatic rings. The maximum absolute atomic E-state index is 12.7. The number of aliphatic hydroxyl groups excluding tert-OH is 2. The molecule has 2 unspecified atom stereocenters. The summed E-state index contributed by atoms with van der Waals surface area (Å²) >= 11 is 0. The van der Waals surface area contributed by atoms with E-state index >= 15 is 0 Å². The Morgan fingerprint density at radius 3 is 1.58 bits per heavy atom. The molecule has 0 aromatic carbocycles. The van der Waals surface area contributed by atoms with Crippen LogP contribution in [0.1, 0.15) is 123 Å². The summed E-state index contributed by atoms with van der Waals surface area (Å²) in [4.78, 5) is 52.7. The van der Waals surface area contributed by atoms with Crippen LogP contribution in [0, 0.1) is 0 Å². The van der Waals surface area contributed by atoms with Crippen LogP contribution < -0.4 is 0 Å². The van der Waals surface area contributed by atoms with E-state index in [0.717, 1.165) is 77.0 Å². The topological polar surface area (TPSA) is 216 Å². The second kappa shape index (κ2) is 40.5. The van der Waals surface area contributed by atoms with Gasteiger partial charge in [-0.3, -0.25) is 23.2 Å². The summed E-state index contributed by atoms with van der Waals surface area (Å²) in [5.74, 6) is -1.28. The molecule has 0 radical (unpaired) electrons. The van der Waals surface area contributed by atoms with Crippen LogP contribution in [0.3, 0.4) is 0 Å². The van der Waals surface area contributed by atoms with Gasteiger partial charge in [-0.1, -0.05) is 136 Å². The van der Waals surface area contributed by atoms with Crippen molar-refractivity contribution in [2.24, 2.45) is 0 Å². The Balaban J connectivity index is 4.77. The van der Waals surface area contributed by atoms with E-state index in [9.17, 15) is 33.8 Å². The number of hydrogen-bond donors (Lipinski definition) is 5. The van der Waals surface area contributed by atoms with Gasteiger partial charge in [-0.05, 0) is 83.5 Å². The van der Waals surface area contributed by atoms with Crippen molar-refractivity contribution in [3.63, 3.8) is 0 Å². The van der Waals surface area contributed by atoms with Crippen molar-refractivity contribution < 1.29 is 66.7 Å². The Bertz CT molecular complexity index is 1520. The lowest BCUT2D eigenvalue weighted by Crippen LogP contribution is -2.30. The van der Waals surface area contributed by atoms with Gasteiger partial charge in [0.15, 0.2) is 6.10 Å². The number of allylic oxidation sites excluding steroid dienone is 17. The monoisotopic (exact) mass is 912 g/mol. The molecule has 0 fully saturated rings. The van der Waals surface area contributed by atoms with Gasteiger partial charge in [-0.15, -0.1) is 0 Å². The quantitative estimate of drug-likeness (QED) is 0.0128. The number of unbranched alkanes of at least 4 members (excludes halogenated alkanes) is 4. The number of phosphoric acid groups is 2. The summed E-state index contributed by atoms with van der Waals surface area (Å²) in [6, 6.07) is 0. The summed E-state index contributed by atoms with van der Waals surface area (Å²) in [5, 5.41) is 20.0. The minimum absolute atomic E-state index is 0.0481. The molecule has 5 N–H and O–H groups in total. The predicted molar refractivity (Wildman–Crippen MR) is 245 cm³/mol. The lowest BCUT2D eigenvalue weighted by Gasteiger charge is -2.20. The third-order valence-electron chi connectivity index (χ3n) is 8.25. The van der Waals surface area contributed by atoms with Crippen molar-refractivity contribution in [1.29, 1.82) is 0 Å². The predicted octanol–water partition coefficient (Wildman–Crippen LogP) is 10.1. The highest BCUT2D eigenvalue weighted by Crippen LogP contribution is 2.43.